The molecule has 0 aliphatic carbocycles. The molecule has 4 N–H and O–H groups in total. The Hall–Kier alpha value is -1.70. The number of hydrogen-bond acceptors (Lipinski definition) is 4. The molecule has 120 valence electrons. The number of rotatable bonds is 7. The predicted molar refractivity (Wildman–Crippen MR) is 71.8 cm³/mol. The zero-order valence-electron chi connectivity index (χ0n) is 12.0. The molecular weight excluding hydrogens is 281 g/mol. The number of nitrogens with two attached hydrogens (primary N) is 1. The molecule has 0 saturated carbocycles. The van der Waals surface area contributed by atoms with Crippen LogP contribution in [0.25, 0.3) is 0 Å². The van der Waals surface area contributed by atoms with Gasteiger partial charge >= 0.3 is 0 Å². The number of nitrogens with zero attached hydrogens (tertiary/aromatic N) is 1. The van der Waals surface area contributed by atoms with Gasteiger partial charge in [0.1, 0.15) is 6.04 Å². The van der Waals surface area contributed by atoms with E-state index in [9.17, 15) is 18.8 Å². The van der Waals surface area contributed by atoms with E-state index in [0.717, 1.165) is 6.42 Å². The smallest absolute Gasteiger partial charge is 0.278 e. The molecule has 1 fully saturated rings. The van der Waals surface area contributed by atoms with Crippen LogP contribution in [0.5, 0.6) is 0 Å². The van der Waals surface area contributed by atoms with Gasteiger partial charge in [-0.1, -0.05) is 19.8 Å². The fraction of sp³-hybridized carbons (Fsp3) is 0.769. The van der Waals surface area contributed by atoms with Crippen molar-refractivity contribution in [3.05, 3.63) is 0 Å². The van der Waals surface area contributed by atoms with Gasteiger partial charge in [-0.15, -0.1) is 0 Å². The Balaban J connectivity index is 2.88. The fourth-order valence-electron chi connectivity index (χ4n) is 2.60. The second kappa shape index (κ2) is 7.92. The molecule has 0 unspecified atom stereocenters. The van der Waals surface area contributed by atoms with Crippen LogP contribution in [0, 0.1) is 5.92 Å². The predicted octanol–water partition coefficient (Wildman–Crippen LogP) is 0.113. The minimum atomic E-state index is -2.15. The first-order chi connectivity index (χ1) is 9.93. The molecule has 0 bridgehead atoms. The first-order valence-corrected chi connectivity index (χ1v) is 7.11. The van der Waals surface area contributed by atoms with Crippen molar-refractivity contribution in [3.8, 4) is 0 Å². The van der Waals surface area contributed by atoms with Crippen LogP contribution in [0.1, 0.15) is 39.0 Å². The Morgan fingerprint density at radius 1 is 1.48 bits per heavy atom. The maximum atomic E-state index is 14.1. The summed E-state index contributed by atoms with van der Waals surface area (Å²) >= 11 is 0. The van der Waals surface area contributed by atoms with Crippen LogP contribution >= 0.6 is 0 Å². The maximum absolute atomic E-state index is 14.1. The number of nitrogens with one attached hydrogen (secondary N) is 1. The Bertz CT molecular complexity index is 405. The number of likely N-dealkylation sites (tertiary alicyclic amines) is 1. The third-order valence-corrected chi connectivity index (χ3v) is 3.76. The zero-order valence-corrected chi connectivity index (χ0v) is 12.0. The van der Waals surface area contributed by atoms with Gasteiger partial charge in [-0.25, -0.2) is 9.87 Å². The highest BCUT2D eigenvalue weighted by Gasteiger charge is 2.41. The van der Waals surface area contributed by atoms with Crippen molar-refractivity contribution in [2.24, 2.45) is 11.7 Å². The molecule has 0 spiro atoms. The Morgan fingerprint density at radius 3 is 2.67 bits per heavy atom. The largest absolute Gasteiger partial charge is 0.368 e. The van der Waals surface area contributed by atoms with Crippen molar-refractivity contribution in [2.45, 2.75) is 51.2 Å². The molecule has 1 saturated heterocycles. The lowest BCUT2D eigenvalue weighted by molar-refractivity contribution is -0.148. The van der Waals surface area contributed by atoms with Crippen LogP contribution in [0.3, 0.4) is 0 Å². The summed E-state index contributed by atoms with van der Waals surface area (Å²) in [6.07, 6.45) is 0.379. The average Bonchev–Trinajstić information content (AvgIpc) is 2.95. The number of hydroxylamine groups is 1. The summed E-state index contributed by atoms with van der Waals surface area (Å²) in [7, 11) is 0. The maximum Gasteiger partial charge on any atom is 0.278 e. The van der Waals surface area contributed by atoms with Gasteiger partial charge < -0.3 is 10.6 Å². The van der Waals surface area contributed by atoms with Crippen molar-refractivity contribution in [3.63, 3.8) is 0 Å². The van der Waals surface area contributed by atoms with Crippen molar-refractivity contribution in [1.29, 1.82) is 0 Å². The van der Waals surface area contributed by atoms with Gasteiger partial charge in [0.05, 0.1) is 5.92 Å². The summed E-state index contributed by atoms with van der Waals surface area (Å²) in [6.45, 7) is 2.20. The van der Waals surface area contributed by atoms with Crippen LogP contribution < -0.4 is 11.2 Å². The summed E-state index contributed by atoms with van der Waals surface area (Å²) in [6, 6.07) is -0.744. The summed E-state index contributed by atoms with van der Waals surface area (Å²) in [4.78, 5) is 36.3. The topological polar surface area (TPSA) is 113 Å². The van der Waals surface area contributed by atoms with Gasteiger partial charge in [0, 0.05) is 6.54 Å². The van der Waals surface area contributed by atoms with Gasteiger partial charge in [0.2, 0.25) is 11.8 Å². The van der Waals surface area contributed by atoms with Gasteiger partial charge in [-0.2, -0.15) is 0 Å². The molecule has 1 heterocycles. The van der Waals surface area contributed by atoms with Crippen LogP contribution in [0.4, 0.5) is 4.39 Å². The molecule has 0 aromatic carbocycles. The van der Waals surface area contributed by atoms with E-state index in [1.165, 1.54) is 10.4 Å². The quantitative estimate of drug-likeness (QED) is 0.457. The highest BCUT2D eigenvalue weighted by Crippen LogP contribution is 2.25. The molecule has 3 atom stereocenters. The minimum absolute atomic E-state index is 0.173. The van der Waals surface area contributed by atoms with Gasteiger partial charge in [0.25, 0.3) is 5.91 Å². The van der Waals surface area contributed by atoms with Crippen molar-refractivity contribution in [2.75, 3.05) is 6.54 Å². The van der Waals surface area contributed by atoms with E-state index >= 15 is 0 Å². The fourth-order valence-corrected chi connectivity index (χ4v) is 2.60. The SMILES string of the molecule is CCCC[C@@H](C(=O)N1CCC[C@H]1C(N)=O)[C@@H](F)C(=O)NO. The van der Waals surface area contributed by atoms with E-state index in [1.807, 2.05) is 6.92 Å². The van der Waals surface area contributed by atoms with Crippen LogP contribution in [-0.2, 0) is 14.4 Å². The normalized spacial score (nSPS) is 20.9. The van der Waals surface area contributed by atoms with E-state index in [2.05, 4.69) is 0 Å². The molecule has 7 nitrogen and oxygen atoms in total. The van der Waals surface area contributed by atoms with Gasteiger partial charge in [-0.05, 0) is 19.3 Å². The summed E-state index contributed by atoms with van der Waals surface area (Å²) in [5, 5.41) is 8.53. The number of alkyl halides is 1. The number of carbonyl (C=O) groups is 3. The Morgan fingerprint density at radius 2 is 2.14 bits per heavy atom. The van der Waals surface area contributed by atoms with Crippen molar-refractivity contribution < 1.29 is 24.0 Å². The number of carbonyl (C=O) groups excluding carboxylic acids is 3. The van der Waals surface area contributed by atoms with E-state index < -0.39 is 35.9 Å². The highest BCUT2D eigenvalue weighted by atomic mass is 19.1. The van der Waals surface area contributed by atoms with E-state index in [4.69, 9.17) is 10.9 Å². The number of hydrogen-bond donors (Lipinski definition) is 3. The molecule has 0 aromatic heterocycles. The van der Waals surface area contributed by atoms with Crippen LogP contribution in [0.15, 0.2) is 0 Å². The molecular formula is C13H22FN3O4. The Labute approximate surface area is 122 Å². The van der Waals surface area contributed by atoms with Gasteiger partial charge in [-0.3, -0.25) is 19.6 Å². The average molecular weight is 303 g/mol. The van der Waals surface area contributed by atoms with E-state index in [-0.39, 0.29) is 6.42 Å². The first-order valence-electron chi connectivity index (χ1n) is 7.11. The second-order valence-electron chi connectivity index (χ2n) is 5.22. The van der Waals surface area contributed by atoms with E-state index in [0.29, 0.717) is 25.8 Å². The number of halogens is 1. The molecule has 0 aromatic rings. The molecule has 3 amide bonds. The number of primary amides is 1. The molecule has 1 aliphatic heterocycles. The lowest BCUT2D eigenvalue weighted by Crippen LogP contribution is -2.49. The van der Waals surface area contributed by atoms with Crippen LogP contribution in [-0.4, -0.2) is 46.6 Å². The zero-order chi connectivity index (χ0) is 16.0. The second-order valence-corrected chi connectivity index (χ2v) is 5.22. The summed E-state index contributed by atoms with van der Waals surface area (Å²) < 4.78 is 14.1. The monoisotopic (exact) mass is 303 g/mol. The lowest BCUT2D eigenvalue weighted by Gasteiger charge is -2.28. The van der Waals surface area contributed by atoms with Crippen LogP contribution in [0.2, 0.25) is 0 Å². The molecule has 8 heteroatoms. The highest BCUT2D eigenvalue weighted by molar-refractivity contribution is 5.92. The Kier molecular flexibility index (Phi) is 6.54. The minimum Gasteiger partial charge on any atom is -0.368 e. The standard InChI is InChI=1S/C13H22FN3O4/c1-2-3-5-8(10(14)12(19)16-21)13(20)17-7-4-6-9(17)11(15)18/h8-10,21H,2-7H2,1H3,(H2,15,18)(H,16,19)/t8-,9+,10-/m1/s1. The molecule has 1 rings (SSSR count). The van der Waals surface area contributed by atoms with Crippen molar-refractivity contribution >= 4 is 17.7 Å². The number of amides is 3. The number of unbranched alkanes of at least 4 members (excludes halogenated alkanes) is 1. The van der Waals surface area contributed by atoms with Crippen molar-refractivity contribution in [1.82, 2.24) is 10.4 Å². The lowest BCUT2D eigenvalue weighted by atomic mass is 9.94. The molecule has 21 heavy (non-hydrogen) atoms. The summed E-state index contributed by atoms with van der Waals surface area (Å²) in [5.41, 5.74) is 6.47. The van der Waals surface area contributed by atoms with E-state index in [1.54, 1.807) is 0 Å². The summed E-state index contributed by atoms with van der Waals surface area (Å²) in [5.74, 6) is -3.69. The van der Waals surface area contributed by atoms with Gasteiger partial charge in [0.15, 0.2) is 6.17 Å². The molecule has 0 radical (unpaired) electrons. The third-order valence-electron chi connectivity index (χ3n) is 3.76. The third kappa shape index (κ3) is 4.13. The first kappa shape index (κ1) is 17.4. The molecule has 1 aliphatic rings.